The van der Waals surface area contributed by atoms with Crippen LogP contribution in [0.3, 0.4) is 0 Å². The van der Waals surface area contributed by atoms with Crippen molar-refractivity contribution in [3.8, 4) is 11.5 Å². The van der Waals surface area contributed by atoms with Gasteiger partial charge in [0, 0.05) is 0 Å². The fraction of sp³-hybridized carbons (Fsp3) is 0.308. The molecule has 1 aromatic carbocycles. The Morgan fingerprint density at radius 2 is 2.29 bits per heavy atom. The number of ether oxygens (including phenoxy) is 3. The summed E-state index contributed by atoms with van der Waals surface area (Å²) in [5, 5.41) is 17.7. The molecule has 0 radical (unpaired) electrons. The molecule has 0 saturated carbocycles. The number of esters is 1. The Balaban J connectivity index is 1.72. The zero-order valence-electron chi connectivity index (χ0n) is 11.2. The van der Waals surface area contributed by atoms with Gasteiger partial charge in [-0.15, -0.1) is 5.10 Å². The van der Waals surface area contributed by atoms with Gasteiger partial charge < -0.3 is 19.3 Å². The van der Waals surface area contributed by atoms with E-state index in [9.17, 15) is 9.90 Å². The van der Waals surface area contributed by atoms with E-state index in [0.717, 1.165) is 0 Å². The van der Waals surface area contributed by atoms with Crippen molar-refractivity contribution in [2.45, 2.75) is 12.6 Å². The van der Waals surface area contributed by atoms with Crippen molar-refractivity contribution in [2.75, 3.05) is 13.9 Å². The topological polar surface area (TPSA) is 95.7 Å². The molecule has 0 amide bonds. The summed E-state index contributed by atoms with van der Waals surface area (Å²) >= 11 is 0. The molecular formula is C13H13N3O5. The zero-order chi connectivity index (χ0) is 14.8. The lowest BCUT2D eigenvalue weighted by Gasteiger charge is -2.11. The number of rotatable bonds is 4. The molecule has 110 valence electrons. The first kappa shape index (κ1) is 13.4. The fourth-order valence-electron chi connectivity index (χ4n) is 1.99. The number of fused-ring (bicyclic) bond motifs is 1. The van der Waals surface area contributed by atoms with Crippen LogP contribution in [0.25, 0.3) is 0 Å². The number of hydrogen-bond acceptors (Lipinski definition) is 7. The van der Waals surface area contributed by atoms with Crippen molar-refractivity contribution in [3.63, 3.8) is 0 Å². The van der Waals surface area contributed by atoms with E-state index in [1.165, 1.54) is 18.0 Å². The lowest BCUT2D eigenvalue weighted by molar-refractivity contribution is 0.0593. The molecule has 0 fully saturated rings. The molecule has 2 heterocycles. The Morgan fingerprint density at radius 3 is 3.10 bits per heavy atom. The fourth-order valence-corrected chi connectivity index (χ4v) is 1.99. The molecule has 21 heavy (non-hydrogen) atoms. The molecule has 1 aliphatic heterocycles. The predicted molar refractivity (Wildman–Crippen MR) is 68.9 cm³/mol. The number of benzene rings is 1. The predicted octanol–water partition coefficient (Wildman–Crippen LogP) is 0.527. The monoisotopic (exact) mass is 291 g/mol. The summed E-state index contributed by atoms with van der Waals surface area (Å²) < 4.78 is 16.4. The first-order valence-electron chi connectivity index (χ1n) is 6.23. The molecule has 1 atom stereocenters. The molecule has 1 N–H and O–H groups in total. The molecule has 0 saturated heterocycles. The SMILES string of the molecule is COC(=O)c1cn(CC(O)c2ccc3c(c2)OCO3)nn1. The Labute approximate surface area is 119 Å². The average molecular weight is 291 g/mol. The second-order valence-electron chi connectivity index (χ2n) is 4.45. The van der Waals surface area contributed by atoms with Gasteiger partial charge in [0.25, 0.3) is 0 Å². The standard InChI is InChI=1S/C13H13N3O5/c1-19-13(18)9-5-16(15-14-9)6-10(17)8-2-3-11-12(4-8)21-7-20-11/h2-5,10,17H,6-7H2,1H3. The van der Waals surface area contributed by atoms with Crippen LogP contribution in [0.5, 0.6) is 11.5 Å². The highest BCUT2D eigenvalue weighted by atomic mass is 16.7. The highest BCUT2D eigenvalue weighted by molar-refractivity contribution is 5.86. The highest BCUT2D eigenvalue weighted by Crippen LogP contribution is 2.34. The highest BCUT2D eigenvalue weighted by Gasteiger charge is 2.18. The van der Waals surface area contributed by atoms with Crippen LogP contribution in [0.15, 0.2) is 24.4 Å². The van der Waals surface area contributed by atoms with Gasteiger partial charge in [0.1, 0.15) is 0 Å². The van der Waals surface area contributed by atoms with E-state index in [1.54, 1.807) is 18.2 Å². The van der Waals surface area contributed by atoms with Gasteiger partial charge in [-0.3, -0.25) is 0 Å². The van der Waals surface area contributed by atoms with Crippen LogP contribution in [0.1, 0.15) is 22.2 Å². The van der Waals surface area contributed by atoms with Crippen molar-refractivity contribution in [1.82, 2.24) is 15.0 Å². The van der Waals surface area contributed by atoms with Crippen molar-refractivity contribution < 1.29 is 24.1 Å². The van der Waals surface area contributed by atoms with Gasteiger partial charge in [-0.05, 0) is 17.7 Å². The molecule has 1 aliphatic rings. The Bertz CT molecular complexity index is 670. The molecule has 1 unspecified atom stereocenters. The third-order valence-corrected chi connectivity index (χ3v) is 3.07. The largest absolute Gasteiger partial charge is 0.464 e. The Hall–Kier alpha value is -2.61. The summed E-state index contributed by atoms with van der Waals surface area (Å²) in [7, 11) is 1.27. The van der Waals surface area contributed by atoms with Gasteiger partial charge >= 0.3 is 5.97 Å². The van der Waals surface area contributed by atoms with Crippen LogP contribution in [-0.2, 0) is 11.3 Å². The minimum Gasteiger partial charge on any atom is -0.464 e. The van der Waals surface area contributed by atoms with Crippen LogP contribution in [0.4, 0.5) is 0 Å². The number of aliphatic hydroxyl groups excluding tert-OH is 1. The maximum atomic E-state index is 11.3. The summed E-state index contributed by atoms with van der Waals surface area (Å²) in [5.41, 5.74) is 0.754. The minimum absolute atomic E-state index is 0.0930. The molecule has 2 aromatic rings. The molecule has 0 spiro atoms. The molecule has 8 heteroatoms. The van der Waals surface area contributed by atoms with Crippen molar-refractivity contribution in [1.29, 1.82) is 0 Å². The molecular weight excluding hydrogens is 278 g/mol. The zero-order valence-corrected chi connectivity index (χ0v) is 11.2. The molecule has 1 aromatic heterocycles. The maximum Gasteiger partial charge on any atom is 0.360 e. The maximum absolute atomic E-state index is 11.3. The van der Waals surface area contributed by atoms with Gasteiger partial charge in [-0.2, -0.15) is 0 Å². The van der Waals surface area contributed by atoms with Crippen LogP contribution >= 0.6 is 0 Å². The van der Waals surface area contributed by atoms with Crippen LogP contribution in [0, 0.1) is 0 Å². The van der Waals surface area contributed by atoms with Crippen LogP contribution < -0.4 is 9.47 Å². The van der Waals surface area contributed by atoms with E-state index in [2.05, 4.69) is 15.0 Å². The number of aromatic nitrogens is 3. The van der Waals surface area contributed by atoms with E-state index in [4.69, 9.17) is 9.47 Å². The average Bonchev–Trinajstić information content (AvgIpc) is 3.14. The normalized spacial score (nSPS) is 14.0. The Morgan fingerprint density at radius 1 is 1.48 bits per heavy atom. The lowest BCUT2D eigenvalue weighted by Crippen LogP contribution is -2.09. The quantitative estimate of drug-likeness (QED) is 0.821. The number of carbonyl (C=O) groups is 1. The van der Waals surface area contributed by atoms with E-state index in [1.807, 2.05) is 0 Å². The number of nitrogens with zero attached hydrogens (tertiary/aromatic N) is 3. The summed E-state index contributed by atoms with van der Waals surface area (Å²) in [6.07, 6.45) is 0.605. The third kappa shape index (κ3) is 2.65. The number of hydrogen-bond donors (Lipinski definition) is 1. The first-order chi connectivity index (χ1) is 10.2. The van der Waals surface area contributed by atoms with Crippen molar-refractivity contribution in [2.24, 2.45) is 0 Å². The first-order valence-corrected chi connectivity index (χ1v) is 6.23. The van der Waals surface area contributed by atoms with Gasteiger partial charge in [0.05, 0.1) is 26.0 Å². The molecule has 8 nitrogen and oxygen atoms in total. The summed E-state index contributed by atoms with van der Waals surface area (Å²) in [6, 6.07) is 5.20. The third-order valence-electron chi connectivity index (χ3n) is 3.07. The smallest absolute Gasteiger partial charge is 0.360 e. The van der Waals surface area contributed by atoms with Gasteiger partial charge in [-0.25, -0.2) is 9.48 Å². The second kappa shape index (κ2) is 5.41. The van der Waals surface area contributed by atoms with Gasteiger partial charge in [0.15, 0.2) is 17.2 Å². The molecule has 0 bridgehead atoms. The Kier molecular flexibility index (Phi) is 3.44. The van der Waals surface area contributed by atoms with Gasteiger partial charge in [0.2, 0.25) is 6.79 Å². The molecule has 0 aliphatic carbocycles. The summed E-state index contributed by atoms with van der Waals surface area (Å²) in [4.78, 5) is 11.3. The van der Waals surface area contributed by atoms with E-state index < -0.39 is 12.1 Å². The number of carbonyl (C=O) groups excluding carboxylic acids is 1. The number of methoxy groups -OCH3 is 1. The van der Waals surface area contributed by atoms with Gasteiger partial charge in [-0.1, -0.05) is 11.3 Å². The molecule has 3 rings (SSSR count). The summed E-state index contributed by atoms with van der Waals surface area (Å²) in [6.45, 7) is 0.337. The van der Waals surface area contributed by atoms with E-state index in [-0.39, 0.29) is 19.0 Å². The van der Waals surface area contributed by atoms with Crippen LogP contribution in [0.2, 0.25) is 0 Å². The van der Waals surface area contributed by atoms with E-state index >= 15 is 0 Å². The second-order valence-corrected chi connectivity index (χ2v) is 4.45. The van der Waals surface area contributed by atoms with E-state index in [0.29, 0.717) is 17.1 Å². The summed E-state index contributed by atoms with van der Waals surface area (Å²) in [5.74, 6) is 0.680. The number of aliphatic hydroxyl groups is 1. The lowest BCUT2D eigenvalue weighted by atomic mass is 10.1. The van der Waals surface area contributed by atoms with Crippen molar-refractivity contribution >= 4 is 5.97 Å². The van der Waals surface area contributed by atoms with Crippen LogP contribution in [-0.4, -0.2) is 40.0 Å². The van der Waals surface area contributed by atoms with Crippen molar-refractivity contribution in [3.05, 3.63) is 35.7 Å². The minimum atomic E-state index is -0.813.